The van der Waals surface area contributed by atoms with E-state index in [0.717, 1.165) is 0 Å². The van der Waals surface area contributed by atoms with E-state index in [1.165, 1.54) is 6.07 Å². The topological polar surface area (TPSA) is 51.8 Å². The average molecular weight is 373 g/mol. The second-order valence-electron chi connectivity index (χ2n) is 5.38. The fourth-order valence-electron chi connectivity index (χ4n) is 2.48. The largest absolute Gasteiger partial charge is 0.426 e. The first-order valence-electron chi connectivity index (χ1n) is 7.53. The van der Waals surface area contributed by atoms with Gasteiger partial charge < -0.3 is 4.52 Å². The van der Waals surface area contributed by atoms with Gasteiger partial charge in [0.2, 0.25) is 5.82 Å². The Balaban J connectivity index is 1.79. The van der Waals surface area contributed by atoms with Crippen molar-refractivity contribution in [3.8, 4) is 33.3 Å². The molecule has 1 aromatic carbocycles. The summed E-state index contributed by atoms with van der Waals surface area (Å²) in [6, 6.07) is 13.2. The van der Waals surface area contributed by atoms with Crippen LogP contribution in [0.15, 0.2) is 65.4 Å². The van der Waals surface area contributed by atoms with Gasteiger partial charge in [-0.1, -0.05) is 35.5 Å². The maximum atomic E-state index is 13.5. The lowest BCUT2D eigenvalue weighted by atomic mass is 10.1. The monoisotopic (exact) mass is 373 g/mol. The summed E-state index contributed by atoms with van der Waals surface area (Å²) in [6.45, 7) is 0. The molecule has 130 valence electrons. The van der Waals surface area contributed by atoms with Gasteiger partial charge in [-0.25, -0.2) is 0 Å². The molecule has 0 aliphatic rings. The maximum Gasteiger partial charge on any atom is 0.426 e. The fraction of sp³-hybridized carbons (Fsp3) is 0.0556. The molecule has 26 heavy (non-hydrogen) atoms. The molecule has 0 saturated heterocycles. The summed E-state index contributed by atoms with van der Waals surface area (Å²) >= 11 is 0.589. The van der Waals surface area contributed by atoms with Crippen molar-refractivity contribution in [3.63, 3.8) is 0 Å². The number of hydrogen-bond acceptors (Lipinski definition) is 5. The standard InChI is InChI=1S/C18H10F3N3OS/c19-18(20,21)15-13(11-4-2-1-3-5-11)10-14(26-15)17-23-16(24-25-17)12-6-8-22-9-7-12/h1-10H. The van der Waals surface area contributed by atoms with Crippen molar-refractivity contribution in [3.05, 3.63) is 65.8 Å². The lowest BCUT2D eigenvalue weighted by molar-refractivity contribution is -0.133. The summed E-state index contributed by atoms with van der Waals surface area (Å²) in [5.41, 5.74) is 1.25. The van der Waals surface area contributed by atoms with E-state index in [1.54, 1.807) is 54.9 Å². The molecule has 0 N–H and O–H groups in total. The summed E-state index contributed by atoms with van der Waals surface area (Å²) in [6.07, 6.45) is -1.32. The van der Waals surface area contributed by atoms with E-state index in [4.69, 9.17) is 4.52 Å². The minimum absolute atomic E-state index is 0.0505. The molecular weight excluding hydrogens is 363 g/mol. The maximum absolute atomic E-state index is 13.5. The molecule has 0 aliphatic carbocycles. The molecule has 4 nitrogen and oxygen atoms in total. The molecule has 0 atom stereocenters. The highest BCUT2D eigenvalue weighted by atomic mass is 32.1. The van der Waals surface area contributed by atoms with Gasteiger partial charge in [0.15, 0.2) is 0 Å². The molecule has 4 aromatic rings. The van der Waals surface area contributed by atoms with Crippen LogP contribution in [0.4, 0.5) is 13.2 Å². The van der Waals surface area contributed by atoms with Gasteiger partial charge in [-0.15, -0.1) is 11.3 Å². The predicted molar refractivity (Wildman–Crippen MR) is 91.3 cm³/mol. The minimum atomic E-state index is -4.47. The predicted octanol–water partition coefficient (Wildman–Crippen LogP) is 5.55. The van der Waals surface area contributed by atoms with Crippen LogP contribution < -0.4 is 0 Å². The van der Waals surface area contributed by atoms with Crippen LogP contribution >= 0.6 is 11.3 Å². The quantitative estimate of drug-likeness (QED) is 0.473. The van der Waals surface area contributed by atoms with Crippen LogP contribution in [-0.2, 0) is 6.18 Å². The zero-order chi connectivity index (χ0) is 18.1. The van der Waals surface area contributed by atoms with Crippen molar-refractivity contribution in [2.45, 2.75) is 6.18 Å². The van der Waals surface area contributed by atoms with Gasteiger partial charge in [0.05, 0.1) is 4.88 Å². The Labute approximate surface area is 150 Å². The third-order valence-corrected chi connectivity index (χ3v) is 4.82. The SMILES string of the molecule is FC(F)(F)c1sc(-c2nc(-c3ccncc3)no2)cc1-c1ccccc1. The smallest absolute Gasteiger partial charge is 0.333 e. The second kappa shape index (κ2) is 6.38. The molecule has 4 rings (SSSR count). The lowest BCUT2D eigenvalue weighted by Crippen LogP contribution is -2.03. The first kappa shape index (κ1) is 16.5. The Bertz CT molecular complexity index is 1030. The minimum Gasteiger partial charge on any atom is -0.333 e. The van der Waals surface area contributed by atoms with E-state index in [1.807, 2.05) is 0 Å². The summed E-state index contributed by atoms with van der Waals surface area (Å²) in [5, 5.41) is 3.85. The number of thiophene rings is 1. The van der Waals surface area contributed by atoms with Gasteiger partial charge >= 0.3 is 6.18 Å². The van der Waals surface area contributed by atoms with Crippen molar-refractivity contribution >= 4 is 11.3 Å². The van der Waals surface area contributed by atoms with E-state index in [0.29, 0.717) is 28.3 Å². The second-order valence-corrected chi connectivity index (χ2v) is 6.43. The third-order valence-electron chi connectivity index (χ3n) is 3.65. The third kappa shape index (κ3) is 3.11. The van der Waals surface area contributed by atoms with E-state index in [2.05, 4.69) is 15.1 Å². The van der Waals surface area contributed by atoms with Crippen LogP contribution in [0.5, 0.6) is 0 Å². The lowest BCUT2D eigenvalue weighted by Gasteiger charge is -2.07. The van der Waals surface area contributed by atoms with Gasteiger partial charge in [-0.05, 0) is 23.8 Å². The summed E-state index contributed by atoms with van der Waals surface area (Å²) in [7, 11) is 0. The molecule has 3 heterocycles. The van der Waals surface area contributed by atoms with Crippen LogP contribution in [0.3, 0.4) is 0 Å². The molecule has 0 saturated carbocycles. The van der Waals surface area contributed by atoms with Crippen molar-refractivity contribution in [2.24, 2.45) is 0 Å². The first-order valence-corrected chi connectivity index (χ1v) is 8.35. The molecule has 0 aliphatic heterocycles. The van der Waals surface area contributed by atoms with Crippen LogP contribution in [0.2, 0.25) is 0 Å². The number of halogens is 3. The van der Waals surface area contributed by atoms with E-state index < -0.39 is 11.1 Å². The Hall–Kier alpha value is -3.00. The molecular formula is C18H10F3N3OS. The van der Waals surface area contributed by atoms with Crippen LogP contribution in [0, 0.1) is 0 Å². The number of rotatable bonds is 3. The van der Waals surface area contributed by atoms with E-state index >= 15 is 0 Å². The highest BCUT2D eigenvalue weighted by Gasteiger charge is 2.37. The average Bonchev–Trinajstić information content (AvgIpc) is 3.30. The number of aromatic nitrogens is 3. The zero-order valence-corrected chi connectivity index (χ0v) is 13.9. The van der Waals surface area contributed by atoms with Crippen LogP contribution in [0.1, 0.15) is 4.88 Å². The van der Waals surface area contributed by atoms with Crippen LogP contribution in [-0.4, -0.2) is 15.1 Å². The Morgan fingerprint density at radius 1 is 0.923 bits per heavy atom. The summed E-state index contributed by atoms with van der Waals surface area (Å²) in [4.78, 5) is 7.70. The van der Waals surface area contributed by atoms with Crippen molar-refractivity contribution < 1.29 is 17.7 Å². The molecule has 3 aromatic heterocycles. The van der Waals surface area contributed by atoms with Gasteiger partial charge in [-0.2, -0.15) is 18.2 Å². The van der Waals surface area contributed by atoms with E-state index in [9.17, 15) is 13.2 Å². The van der Waals surface area contributed by atoms with E-state index in [-0.39, 0.29) is 16.3 Å². The fourth-order valence-corrected chi connectivity index (χ4v) is 3.45. The molecule has 0 radical (unpaired) electrons. The van der Waals surface area contributed by atoms with Gasteiger partial charge in [0.1, 0.15) is 4.88 Å². The van der Waals surface area contributed by atoms with Crippen molar-refractivity contribution in [1.82, 2.24) is 15.1 Å². The molecule has 0 fully saturated rings. The molecule has 0 amide bonds. The number of alkyl halides is 3. The summed E-state index contributed by atoms with van der Waals surface area (Å²) < 4.78 is 45.6. The van der Waals surface area contributed by atoms with Gasteiger partial charge in [-0.3, -0.25) is 4.98 Å². The number of hydrogen-bond donors (Lipinski definition) is 0. The van der Waals surface area contributed by atoms with Crippen molar-refractivity contribution in [1.29, 1.82) is 0 Å². The van der Waals surface area contributed by atoms with Crippen molar-refractivity contribution in [2.75, 3.05) is 0 Å². The first-order chi connectivity index (χ1) is 12.5. The number of benzene rings is 1. The van der Waals surface area contributed by atoms with Gasteiger partial charge in [0, 0.05) is 23.5 Å². The molecule has 0 bridgehead atoms. The highest BCUT2D eigenvalue weighted by Crippen LogP contribution is 2.45. The van der Waals surface area contributed by atoms with Gasteiger partial charge in [0.25, 0.3) is 5.89 Å². The number of nitrogens with zero attached hydrogens (tertiary/aromatic N) is 3. The molecule has 0 spiro atoms. The Kier molecular flexibility index (Phi) is 4.04. The Morgan fingerprint density at radius 2 is 1.65 bits per heavy atom. The number of pyridine rings is 1. The molecule has 8 heteroatoms. The molecule has 0 unspecified atom stereocenters. The normalized spacial score (nSPS) is 11.7. The summed E-state index contributed by atoms with van der Waals surface area (Å²) in [5.74, 6) is 0.347. The Morgan fingerprint density at radius 3 is 2.35 bits per heavy atom. The van der Waals surface area contributed by atoms with Crippen LogP contribution in [0.25, 0.3) is 33.3 Å². The highest BCUT2D eigenvalue weighted by molar-refractivity contribution is 7.16. The zero-order valence-electron chi connectivity index (χ0n) is 13.1.